The number of benzene rings is 2. The van der Waals surface area contributed by atoms with E-state index in [2.05, 4.69) is 5.32 Å². The lowest BCUT2D eigenvalue weighted by atomic mass is 10.1. The average Bonchev–Trinajstić information content (AvgIpc) is 2.55. The van der Waals surface area contributed by atoms with Crippen LogP contribution in [0.5, 0.6) is 11.5 Å². The fourth-order valence-electron chi connectivity index (χ4n) is 2.25. The summed E-state index contributed by atoms with van der Waals surface area (Å²) in [6.45, 7) is 1.59. The third-order valence-corrected chi connectivity index (χ3v) is 3.63. The molecule has 0 saturated heterocycles. The van der Waals surface area contributed by atoms with Gasteiger partial charge < -0.3 is 14.8 Å². The van der Waals surface area contributed by atoms with Crippen LogP contribution in [0, 0.1) is 0 Å². The Kier molecular flexibility index (Phi) is 4.49. The number of carbonyl (C=O) groups is 1. The first-order chi connectivity index (χ1) is 10.7. The van der Waals surface area contributed by atoms with Crippen LogP contribution in [0.4, 0.5) is 0 Å². The molecular formula is C17H16ClNO3. The highest BCUT2D eigenvalue weighted by Crippen LogP contribution is 2.30. The first-order valence-electron chi connectivity index (χ1n) is 7.10. The third kappa shape index (κ3) is 3.71. The summed E-state index contributed by atoms with van der Waals surface area (Å²) >= 11 is 5.82. The molecule has 3 rings (SSSR count). The normalized spacial score (nSPS) is 12.8. The van der Waals surface area contributed by atoms with Gasteiger partial charge in [0.2, 0.25) is 5.91 Å². The molecule has 114 valence electrons. The molecule has 0 bridgehead atoms. The van der Waals surface area contributed by atoms with Crippen molar-refractivity contribution in [3.8, 4) is 11.5 Å². The fourth-order valence-corrected chi connectivity index (χ4v) is 2.37. The van der Waals surface area contributed by atoms with Crippen molar-refractivity contribution >= 4 is 17.5 Å². The van der Waals surface area contributed by atoms with Crippen molar-refractivity contribution in [1.29, 1.82) is 0 Å². The number of hydrogen-bond donors (Lipinski definition) is 1. The van der Waals surface area contributed by atoms with Gasteiger partial charge in [0.1, 0.15) is 13.2 Å². The molecule has 0 aromatic heterocycles. The number of nitrogens with one attached hydrogen (secondary N) is 1. The Morgan fingerprint density at radius 1 is 1.00 bits per heavy atom. The lowest BCUT2D eigenvalue weighted by molar-refractivity contribution is -0.120. The van der Waals surface area contributed by atoms with Gasteiger partial charge in [-0.3, -0.25) is 4.79 Å². The van der Waals surface area contributed by atoms with E-state index in [4.69, 9.17) is 21.1 Å². The maximum absolute atomic E-state index is 12.0. The molecular weight excluding hydrogens is 302 g/mol. The smallest absolute Gasteiger partial charge is 0.224 e. The van der Waals surface area contributed by atoms with Gasteiger partial charge >= 0.3 is 0 Å². The van der Waals surface area contributed by atoms with Gasteiger partial charge in [-0.15, -0.1) is 0 Å². The van der Waals surface area contributed by atoms with E-state index >= 15 is 0 Å². The van der Waals surface area contributed by atoms with Gasteiger partial charge in [0.25, 0.3) is 0 Å². The van der Waals surface area contributed by atoms with Crippen LogP contribution >= 0.6 is 11.6 Å². The lowest BCUT2D eigenvalue weighted by Crippen LogP contribution is -2.24. The van der Waals surface area contributed by atoms with Gasteiger partial charge in [-0.1, -0.05) is 29.8 Å². The number of rotatable bonds is 4. The maximum atomic E-state index is 12.0. The molecule has 0 aliphatic carbocycles. The molecule has 0 atom stereocenters. The molecule has 1 heterocycles. The molecule has 0 unspecified atom stereocenters. The summed E-state index contributed by atoms with van der Waals surface area (Å²) in [7, 11) is 0. The fraction of sp³-hybridized carbons (Fsp3) is 0.235. The van der Waals surface area contributed by atoms with Crippen molar-refractivity contribution in [3.63, 3.8) is 0 Å². The lowest BCUT2D eigenvalue weighted by Gasteiger charge is -2.19. The van der Waals surface area contributed by atoms with Crippen LogP contribution in [-0.4, -0.2) is 19.1 Å². The van der Waals surface area contributed by atoms with Crippen LogP contribution in [0.3, 0.4) is 0 Å². The minimum Gasteiger partial charge on any atom is -0.486 e. The van der Waals surface area contributed by atoms with Crippen molar-refractivity contribution < 1.29 is 14.3 Å². The highest BCUT2D eigenvalue weighted by molar-refractivity contribution is 6.30. The van der Waals surface area contributed by atoms with E-state index in [1.165, 1.54) is 0 Å². The van der Waals surface area contributed by atoms with E-state index < -0.39 is 0 Å². The second-order valence-corrected chi connectivity index (χ2v) is 5.49. The van der Waals surface area contributed by atoms with Gasteiger partial charge in [-0.05, 0) is 35.4 Å². The summed E-state index contributed by atoms with van der Waals surface area (Å²) in [5.74, 6) is 1.45. The van der Waals surface area contributed by atoms with Gasteiger partial charge in [0, 0.05) is 11.6 Å². The Bertz CT molecular complexity index is 670. The van der Waals surface area contributed by atoms with Crippen molar-refractivity contribution in [2.45, 2.75) is 13.0 Å². The molecule has 1 N–H and O–H groups in total. The summed E-state index contributed by atoms with van der Waals surface area (Å²) in [4.78, 5) is 12.0. The van der Waals surface area contributed by atoms with E-state index in [9.17, 15) is 4.79 Å². The Morgan fingerprint density at radius 3 is 2.45 bits per heavy atom. The van der Waals surface area contributed by atoms with Gasteiger partial charge in [-0.2, -0.15) is 0 Å². The molecule has 2 aromatic rings. The van der Waals surface area contributed by atoms with Crippen LogP contribution in [0.1, 0.15) is 11.1 Å². The number of carbonyl (C=O) groups excluding carboxylic acids is 1. The number of halogens is 1. The summed E-state index contributed by atoms with van der Waals surface area (Å²) in [6.07, 6.45) is 0.335. The third-order valence-electron chi connectivity index (χ3n) is 3.37. The first kappa shape index (κ1) is 14.7. The zero-order valence-corrected chi connectivity index (χ0v) is 12.7. The van der Waals surface area contributed by atoms with Crippen LogP contribution in [-0.2, 0) is 17.8 Å². The van der Waals surface area contributed by atoms with Crippen LogP contribution in [0.15, 0.2) is 42.5 Å². The largest absolute Gasteiger partial charge is 0.486 e. The zero-order valence-electron chi connectivity index (χ0n) is 12.0. The summed E-state index contributed by atoms with van der Waals surface area (Å²) in [5.41, 5.74) is 1.91. The monoisotopic (exact) mass is 317 g/mol. The quantitative estimate of drug-likeness (QED) is 0.943. The second-order valence-electron chi connectivity index (χ2n) is 5.06. The van der Waals surface area contributed by atoms with Crippen molar-refractivity contribution in [1.82, 2.24) is 5.32 Å². The van der Waals surface area contributed by atoms with Crippen molar-refractivity contribution in [2.24, 2.45) is 0 Å². The number of amides is 1. The summed E-state index contributed by atoms with van der Waals surface area (Å²) in [6, 6.07) is 13.0. The molecule has 5 heteroatoms. The molecule has 2 aromatic carbocycles. The molecule has 22 heavy (non-hydrogen) atoms. The summed E-state index contributed by atoms with van der Waals surface area (Å²) in [5, 5.41) is 3.57. The Morgan fingerprint density at radius 2 is 1.68 bits per heavy atom. The highest BCUT2D eigenvalue weighted by atomic mass is 35.5. The molecule has 1 aliphatic rings. The summed E-state index contributed by atoms with van der Waals surface area (Å²) < 4.78 is 11.0. The van der Waals surface area contributed by atoms with Crippen molar-refractivity contribution in [3.05, 3.63) is 58.6 Å². The molecule has 1 amide bonds. The molecule has 0 spiro atoms. The predicted molar refractivity (Wildman–Crippen MR) is 84.4 cm³/mol. The van der Waals surface area contributed by atoms with Crippen LogP contribution in [0.2, 0.25) is 5.02 Å². The molecule has 1 aliphatic heterocycles. The van der Waals surface area contributed by atoms with E-state index in [0.717, 1.165) is 22.6 Å². The van der Waals surface area contributed by atoms with E-state index in [0.29, 0.717) is 31.2 Å². The Hall–Kier alpha value is -2.20. The van der Waals surface area contributed by atoms with Crippen molar-refractivity contribution in [2.75, 3.05) is 13.2 Å². The van der Waals surface area contributed by atoms with Crippen LogP contribution in [0.25, 0.3) is 0 Å². The maximum Gasteiger partial charge on any atom is 0.224 e. The minimum atomic E-state index is -0.0304. The molecule has 0 saturated carbocycles. The zero-order chi connectivity index (χ0) is 15.4. The van der Waals surface area contributed by atoms with Gasteiger partial charge in [0.05, 0.1) is 6.42 Å². The van der Waals surface area contributed by atoms with E-state index in [1.54, 1.807) is 12.1 Å². The van der Waals surface area contributed by atoms with Crippen LogP contribution < -0.4 is 14.8 Å². The average molecular weight is 318 g/mol. The van der Waals surface area contributed by atoms with Gasteiger partial charge in [-0.25, -0.2) is 0 Å². The standard InChI is InChI=1S/C17H16ClNO3/c18-14-4-1-12(2-5-14)10-17(20)19-11-13-3-6-15-16(9-13)22-8-7-21-15/h1-6,9H,7-8,10-11H2,(H,19,20). The Balaban J connectivity index is 1.55. The number of ether oxygens (including phenoxy) is 2. The van der Waals surface area contributed by atoms with Gasteiger partial charge in [0.15, 0.2) is 11.5 Å². The van der Waals surface area contributed by atoms with E-state index in [-0.39, 0.29) is 5.91 Å². The molecule has 0 fully saturated rings. The predicted octanol–water partition coefficient (Wildman–Crippen LogP) is 2.97. The SMILES string of the molecule is O=C(Cc1ccc(Cl)cc1)NCc1ccc2c(c1)OCCO2. The first-order valence-corrected chi connectivity index (χ1v) is 7.48. The molecule has 0 radical (unpaired) electrons. The Labute approximate surface area is 134 Å². The molecule has 4 nitrogen and oxygen atoms in total. The highest BCUT2D eigenvalue weighted by Gasteiger charge is 2.12. The van der Waals surface area contributed by atoms with E-state index in [1.807, 2.05) is 30.3 Å². The second kappa shape index (κ2) is 6.71. The topological polar surface area (TPSA) is 47.6 Å². The number of hydrogen-bond acceptors (Lipinski definition) is 3. The number of fused-ring (bicyclic) bond motifs is 1. The minimum absolute atomic E-state index is 0.0304.